The van der Waals surface area contributed by atoms with Gasteiger partial charge >= 0.3 is 0 Å². The van der Waals surface area contributed by atoms with E-state index in [1.807, 2.05) is 23.5 Å². The summed E-state index contributed by atoms with van der Waals surface area (Å²) in [5, 5.41) is 5.01. The van der Waals surface area contributed by atoms with Crippen LogP contribution in [-0.2, 0) is 0 Å². The number of anilines is 6. The number of nitrogens with zero attached hydrogens (tertiary/aromatic N) is 4. The molecule has 12 aromatic carbocycles. The average molecular weight is 1030 g/mol. The SMILES string of the molecule is c1ccc(-n2c3ccccc3c3cc4c(cc32)N(c2ccc3c(c2)-c2ccccc2-c2ccc(N5c6ccccc6Sc6cc7c8ccccc8n(-c8ccccc8)c7cc65)cc2-c2ccccc2-3)c2ccccc2S4)cc1. The van der Waals surface area contributed by atoms with Crippen LogP contribution in [0.2, 0.25) is 0 Å². The Kier molecular flexibility index (Phi) is 9.55. The summed E-state index contributed by atoms with van der Waals surface area (Å²) in [6, 6.07) is 99.1. The third kappa shape index (κ3) is 6.45. The average Bonchev–Trinajstić information content (AvgIpc) is 4.20. The molecular weight excluding hydrogens is 985 g/mol. The van der Waals surface area contributed by atoms with Gasteiger partial charge in [0.05, 0.1) is 44.8 Å². The molecule has 0 atom stereocenters. The van der Waals surface area contributed by atoms with Gasteiger partial charge in [0.15, 0.2) is 0 Å². The van der Waals surface area contributed by atoms with Crippen LogP contribution in [0.5, 0.6) is 0 Å². The van der Waals surface area contributed by atoms with Crippen molar-refractivity contribution in [2.75, 3.05) is 9.80 Å². The van der Waals surface area contributed by atoms with Crippen LogP contribution in [0.4, 0.5) is 34.1 Å². The Morgan fingerprint density at radius 3 is 1.01 bits per heavy atom. The zero-order valence-electron chi connectivity index (χ0n) is 42.0. The smallest absolute Gasteiger partial charge is 0.0622 e. The molecule has 2 aromatic heterocycles. The van der Waals surface area contributed by atoms with Gasteiger partial charge in [0.25, 0.3) is 0 Å². The molecule has 0 fully saturated rings. The van der Waals surface area contributed by atoms with E-state index in [0.29, 0.717) is 0 Å². The number of fused-ring (bicyclic) bond motifs is 18. The Morgan fingerprint density at radius 2 is 0.564 bits per heavy atom. The lowest BCUT2D eigenvalue weighted by Gasteiger charge is -2.34. The highest BCUT2D eigenvalue weighted by molar-refractivity contribution is 8.00. The molecule has 4 heterocycles. The minimum absolute atomic E-state index is 1.12. The number of hydrogen-bond donors (Lipinski definition) is 0. The summed E-state index contributed by atoms with van der Waals surface area (Å²) in [6.45, 7) is 0. The topological polar surface area (TPSA) is 16.3 Å². The zero-order chi connectivity index (χ0) is 51.0. The fourth-order valence-electron chi connectivity index (χ4n) is 12.9. The Bertz CT molecular complexity index is 4520. The second kappa shape index (κ2) is 17.0. The highest BCUT2D eigenvalue weighted by Crippen LogP contribution is 2.58. The minimum Gasteiger partial charge on any atom is -0.309 e. The van der Waals surface area contributed by atoms with Crippen molar-refractivity contribution in [2.24, 2.45) is 0 Å². The fraction of sp³-hybridized carbons (Fsp3) is 0. The molecule has 0 spiro atoms. The molecule has 0 saturated carbocycles. The molecule has 17 rings (SSSR count). The van der Waals surface area contributed by atoms with Crippen LogP contribution in [0.25, 0.3) is 99.5 Å². The molecule has 0 N–H and O–H groups in total. The summed E-state index contributed by atoms with van der Waals surface area (Å²) in [6.07, 6.45) is 0. The van der Waals surface area contributed by atoms with E-state index < -0.39 is 0 Å². The van der Waals surface area contributed by atoms with E-state index in [1.165, 1.54) is 130 Å². The highest BCUT2D eigenvalue weighted by atomic mass is 32.2. The lowest BCUT2D eigenvalue weighted by Crippen LogP contribution is -2.15. The first-order chi connectivity index (χ1) is 38.7. The van der Waals surface area contributed by atoms with E-state index in [-0.39, 0.29) is 0 Å². The molecule has 78 heavy (non-hydrogen) atoms. The standard InChI is InChI=1S/C72H44N4S2/c1-3-19-45(20-4-1)73-61-29-13-11-27-55(61)59-41-71-67(43-65(59)73)75(63-31-15-17-33-69(63)77-71)47-35-37-53-50-24-8-10-26-52(50)58-40-48(36-38-54(58)49-23-7-9-25-51(49)57(53)39-47)76-64-32-16-18-34-70(64)78-72-42-60-56-28-12-14-30-62(56)74(66(60)44-68(72)76)46-21-5-2-6-22-46/h1-44H. The summed E-state index contributed by atoms with van der Waals surface area (Å²) in [4.78, 5) is 9.94. The minimum atomic E-state index is 1.12. The van der Waals surface area contributed by atoms with E-state index in [2.05, 4.69) is 286 Å². The third-order valence-electron chi connectivity index (χ3n) is 16.2. The number of aromatic nitrogens is 2. The van der Waals surface area contributed by atoms with Crippen molar-refractivity contribution in [1.82, 2.24) is 9.13 Å². The van der Waals surface area contributed by atoms with Crippen molar-refractivity contribution in [1.29, 1.82) is 0 Å². The summed E-state index contributed by atoms with van der Waals surface area (Å²) in [5.41, 5.74) is 23.7. The van der Waals surface area contributed by atoms with E-state index in [1.54, 1.807) is 0 Å². The van der Waals surface area contributed by atoms with Gasteiger partial charge in [-0.3, -0.25) is 0 Å². The first-order valence-electron chi connectivity index (χ1n) is 26.6. The molecule has 14 aromatic rings. The quantitative estimate of drug-likeness (QED) is 0.175. The zero-order valence-corrected chi connectivity index (χ0v) is 43.6. The number of benzene rings is 12. The summed E-state index contributed by atoms with van der Waals surface area (Å²) >= 11 is 3.73. The van der Waals surface area contributed by atoms with Crippen molar-refractivity contribution < 1.29 is 0 Å². The Hall–Kier alpha value is -9.46. The molecule has 0 unspecified atom stereocenters. The number of rotatable bonds is 4. The Balaban J connectivity index is 0.855. The van der Waals surface area contributed by atoms with Gasteiger partial charge in [0, 0.05) is 63.9 Å². The lowest BCUT2D eigenvalue weighted by molar-refractivity contribution is 1.15. The summed E-state index contributed by atoms with van der Waals surface area (Å²) in [5.74, 6) is 0. The molecule has 4 nitrogen and oxygen atoms in total. The Morgan fingerprint density at radius 1 is 0.205 bits per heavy atom. The maximum absolute atomic E-state index is 2.50. The van der Waals surface area contributed by atoms with Crippen LogP contribution >= 0.6 is 23.5 Å². The maximum Gasteiger partial charge on any atom is 0.0622 e. The second-order valence-corrected chi connectivity index (χ2v) is 22.6. The van der Waals surface area contributed by atoms with E-state index >= 15 is 0 Å². The van der Waals surface area contributed by atoms with Crippen molar-refractivity contribution in [3.63, 3.8) is 0 Å². The maximum atomic E-state index is 2.50. The van der Waals surface area contributed by atoms with Gasteiger partial charge in [-0.1, -0.05) is 181 Å². The van der Waals surface area contributed by atoms with Crippen LogP contribution < -0.4 is 9.80 Å². The molecule has 1 aliphatic carbocycles. The van der Waals surface area contributed by atoms with E-state index in [4.69, 9.17) is 0 Å². The van der Waals surface area contributed by atoms with Gasteiger partial charge in [-0.15, -0.1) is 0 Å². The highest BCUT2D eigenvalue weighted by Gasteiger charge is 2.32. The predicted octanol–water partition coefficient (Wildman–Crippen LogP) is 20.7. The van der Waals surface area contributed by atoms with Crippen molar-refractivity contribution in [3.05, 3.63) is 267 Å². The van der Waals surface area contributed by atoms with Crippen LogP contribution in [0, 0.1) is 0 Å². The predicted molar refractivity (Wildman–Crippen MR) is 328 cm³/mol. The molecule has 364 valence electrons. The van der Waals surface area contributed by atoms with E-state index in [9.17, 15) is 0 Å². The van der Waals surface area contributed by atoms with Crippen LogP contribution in [0.3, 0.4) is 0 Å². The largest absolute Gasteiger partial charge is 0.309 e. The van der Waals surface area contributed by atoms with Gasteiger partial charge in [0.2, 0.25) is 0 Å². The molecule has 0 amide bonds. The van der Waals surface area contributed by atoms with Crippen molar-refractivity contribution >= 4 is 101 Å². The van der Waals surface area contributed by atoms with Gasteiger partial charge in [-0.25, -0.2) is 0 Å². The van der Waals surface area contributed by atoms with Crippen LogP contribution in [0.15, 0.2) is 287 Å². The monoisotopic (exact) mass is 1030 g/mol. The molecule has 0 bridgehead atoms. The molecule has 2 aliphatic heterocycles. The number of para-hydroxylation sites is 6. The summed E-state index contributed by atoms with van der Waals surface area (Å²) in [7, 11) is 0. The third-order valence-corrected chi connectivity index (χ3v) is 18.4. The fourth-order valence-corrected chi connectivity index (χ4v) is 15.0. The van der Waals surface area contributed by atoms with Crippen LogP contribution in [0.1, 0.15) is 0 Å². The van der Waals surface area contributed by atoms with E-state index in [0.717, 1.165) is 22.7 Å². The molecule has 6 heteroatoms. The van der Waals surface area contributed by atoms with Crippen molar-refractivity contribution in [3.8, 4) is 55.9 Å². The number of hydrogen-bond acceptors (Lipinski definition) is 4. The van der Waals surface area contributed by atoms with Crippen molar-refractivity contribution in [2.45, 2.75) is 19.6 Å². The summed E-state index contributed by atoms with van der Waals surface area (Å²) < 4.78 is 4.86. The molecule has 0 radical (unpaired) electrons. The first-order valence-corrected chi connectivity index (χ1v) is 28.2. The molecule has 3 aliphatic rings. The Labute approximate surface area is 459 Å². The van der Waals surface area contributed by atoms with Gasteiger partial charge < -0.3 is 18.9 Å². The molecular formula is C72H44N4S2. The normalized spacial score (nSPS) is 13.0. The van der Waals surface area contributed by atoms with Gasteiger partial charge in [0.1, 0.15) is 0 Å². The van der Waals surface area contributed by atoms with Gasteiger partial charge in [-0.05, 0) is 154 Å². The van der Waals surface area contributed by atoms with Crippen LogP contribution in [-0.4, -0.2) is 9.13 Å². The molecule has 0 saturated heterocycles. The second-order valence-electron chi connectivity index (χ2n) is 20.4. The van der Waals surface area contributed by atoms with Gasteiger partial charge in [-0.2, -0.15) is 0 Å². The lowest BCUT2D eigenvalue weighted by atomic mass is 9.80. The first kappa shape index (κ1) is 43.7.